The lowest BCUT2D eigenvalue weighted by atomic mass is 10.0. The highest BCUT2D eigenvalue weighted by atomic mass is 35.5. The average Bonchev–Trinajstić information content (AvgIpc) is 3.64. The third-order valence-corrected chi connectivity index (χ3v) is 8.97. The van der Waals surface area contributed by atoms with Crippen LogP contribution >= 0.6 is 46.1 Å². The fourth-order valence-corrected chi connectivity index (χ4v) is 6.54. The van der Waals surface area contributed by atoms with Crippen molar-refractivity contribution in [2.24, 2.45) is 0 Å². The summed E-state index contributed by atoms with van der Waals surface area (Å²) in [6.45, 7) is 7.15. The summed E-state index contributed by atoms with van der Waals surface area (Å²) in [4.78, 5) is 31.1. The standard InChI is InChI=1S/C27H27Cl3N4O4S/c1-15(2)32-7-9-33(10-8-32)20(13-25(35)36)27(37)21-12-17-18(28)3-4-19(29)26(17)34(21)14-16-11-22(38-31-16)23-5-6-24(30)39-23/h3-6,11-12,15,20H,7-10,13-14H2,1-2H3,(H,35,36). The Labute approximate surface area is 244 Å². The molecule has 4 aromatic rings. The van der Waals surface area contributed by atoms with E-state index < -0.39 is 12.0 Å². The van der Waals surface area contributed by atoms with Gasteiger partial charge in [0.05, 0.1) is 49.5 Å². The van der Waals surface area contributed by atoms with E-state index in [1.54, 1.807) is 34.9 Å². The van der Waals surface area contributed by atoms with Gasteiger partial charge in [0, 0.05) is 43.7 Å². The molecule has 0 radical (unpaired) electrons. The molecule has 12 heteroatoms. The number of carbonyl (C=O) groups excluding carboxylic acids is 1. The number of rotatable bonds is 9. The summed E-state index contributed by atoms with van der Waals surface area (Å²) >= 11 is 20.6. The van der Waals surface area contributed by atoms with Crippen LogP contribution in [0.4, 0.5) is 0 Å². The number of hydrogen-bond acceptors (Lipinski definition) is 7. The number of thiophene rings is 1. The van der Waals surface area contributed by atoms with Crippen molar-refractivity contribution in [2.45, 2.75) is 38.9 Å². The molecule has 1 atom stereocenters. The summed E-state index contributed by atoms with van der Waals surface area (Å²) in [6, 6.07) is 10.0. The zero-order valence-electron chi connectivity index (χ0n) is 21.4. The molecule has 8 nitrogen and oxygen atoms in total. The lowest BCUT2D eigenvalue weighted by Gasteiger charge is -2.40. The predicted molar refractivity (Wildman–Crippen MR) is 155 cm³/mol. The maximum atomic E-state index is 14.1. The van der Waals surface area contributed by atoms with E-state index in [0.29, 0.717) is 61.6 Å². The van der Waals surface area contributed by atoms with Crippen molar-refractivity contribution in [2.75, 3.05) is 26.2 Å². The van der Waals surface area contributed by atoms with Crippen LogP contribution in [0.25, 0.3) is 21.5 Å². The fourth-order valence-electron chi connectivity index (χ4n) is 5.07. The van der Waals surface area contributed by atoms with E-state index >= 15 is 0 Å². The zero-order valence-corrected chi connectivity index (χ0v) is 24.4. The highest BCUT2D eigenvalue weighted by Gasteiger charge is 2.34. The number of Topliss-reactive ketones (excluding diaryl/α,β-unsaturated/α-hetero) is 1. The normalized spacial score (nSPS) is 15.8. The molecule has 3 aromatic heterocycles. The third kappa shape index (κ3) is 5.89. The van der Waals surface area contributed by atoms with Crippen molar-refractivity contribution in [1.82, 2.24) is 19.5 Å². The van der Waals surface area contributed by atoms with Gasteiger partial charge in [-0.2, -0.15) is 0 Å². The van der Waals surface area contributed by atoms with Gasteiger partial charge in [-0.05, 0) is 44.2 Å². The van der Waals surface area contributed by atoms with Crippen LogP contribution in [0, 0.1) is 0 Å². The van der Waals surface area contributed by atoms with E-state index in [1.807, 2.05) is 11.0 Å². The molecule has 4 heterocycles. The van der Waals surface area contributed by atoms with Gasteiger partial charge < -0.3 is 14.2 Å². The number of carboxylic acids is 1. The maximum absolute atomic E-state index is 14.1. The topological polar surface area (TPSA) is 91.8 Å². The van der Waals surface area contributed by atoms with Crippen LogP contribution in [0.3, 0.4) is 0 Å². The van der Waals surface area contributed by atoms with E-state index in [-0.39, 0.29) is 18.7 Å². The van der Waals surface area contributed by atoms with Gasteiger partial charge in [0.25, 0.3) is 0 Å². The van der Waals surface area contributed by atoms with E-state index in [2.05, 4.69) is 23.9 Å². The molecule has 0 aliphatic carbocycles. The monoisotopic (exact) mass is 608 g/mol. The number of fused-ring (bicyclic) bond motifs is 1. The molecule has 0 saturated carbocycles. The lowest BCUT2D eigenvalue weighted by Crippen LogP contribution is -2.54. The first kappa shape index (κ1) is 28.1. The number of piperazine rings is 1. The number of nitrogens with zero attached hydrogens (tertiary/aromatic N) is 4. The highest BCUT2D eigenvalue weighted by molar-refractivity contribution is 7.19. The van der Waals surface area contributed by atoms with Gasteiger partial charge in [-0.3, -0.25) is 19.4 Å². The van der Waals surface area contributed by atoms with Crippen LogP contribution in [0.2, 0.25) is 14.4 Å². The van der Waals surface area contributed by atoms with Crippen molar-refractivity contribution in [3.8, 4) is 10.6 Å². The van der Waals surface area contributed by atoms with Crippen LogP contribution in [0.15, 0.2) is 40.9 Å². The molecular formula is C27H27Cl3N4O4S. The molecule has 206 valence electrons. The highest BCUT2D eigenvalue weighted by Crippen LogP contribution is 2.35. The van der Waals surface area contributed by atoms with E-state index in [9.17, 15) is 14.7 Å². The van der Waals surface area contributed by atoms with Gasteiger partial charge in [0.2, 0.25) is 0 Å². The Morgan fingerprint density at radius 1 is 1.03 bits per heavy atom. The second kappa shape index (κ2) is 11.6. The predicted octanol–water partition coefficient (Wildman–Crippen LogP) is 6.42. The van der Waals surface area contributed by atoms with Gasteiger partial charge in [-0.25, -0.2) is 0 Å². The Morgan fingerprint density at radius 2 is 1.72 bits per heavy atom. The molecule has 1 aliphatic rings. The molecule has 39 heavy (non-hydrogen) atoms. The Morgan fingerprint density at radius 3 is 2.36 bits per heavy atom. The summed E-state index contributed by atoms with van der Waals surface area (Å²) < 4.78 is 7.95. The number of carboxylic acid groups (broad SMARTS) is 1. The number of benzene rings is 1. The maximum Gasteiger partial charge on any atom is 0.305 e. The Bertz CT molecular complexity index is 1520. The quantitative estimate of drug-likeness (QED) is 0.219. The lowest BCUT2D eigenvalue weighted by molar-refractivity contribution is -0.138. The molecule has 0 spiro atoms. The molecule has 5 rings (SSSR count). The summed E-state index contributed by atoms with van der Waals surface area (Å²) in [7, 11) is 0. The second-order valence-corrected chi connectivity index (χ2v) is 12.4. The minimum Gasteiger partial charge on any atom is -0.481 e. The third-order valence-electron chi connectivity index (χ3n) is 7.09. The van der Waals surface area contributed by atoms with E-state index in [4.69, 9.17) is 39.3 Å². The van der Waals surface area contributed by atoms with Crippen molar-refractivity contribution in [3.63, 3.8) is 0 Å². The van der Waals surface area contributed by atoms with Gasteiger partial charge in [0.1, 0.15) is 5.69 Å². The summed E-state index contributed by atoms with van der Waals surface area (Å²) in [5.41, 5.74) is 1.47. The Kier molecular flexibility index (Phi) is 8.37. The molecule has 1 aromatic carbocycles. The number of aromatic nitrogens is 2. The minimum atomic E-state index is -1.03. The van der Waals surface area contributed by atoms with Gasteiger partial charge >= 0.3 is 5.97 Å². The molecule has 1 saturated heterocycles. The van der Waals surface area contributed by atoms with Crippen molar-refractivity contribution >= 4 is 68.8 Å². The van der Waals surface area contributed by atoms with Crippen molar-refractivity contribution in [1.29, 1.82) is 0 Å². The van der Waals surface area contributed by atoms with Crippen LogP contribution < -0.4 is 0 Å². The smallest absolute Gasteiger partial charge is 0.305 e. The molecule has 1 aliphatic heterocycles. The average molecular weight is 610 g/mol. The summed E-state index contributed by atoms with van der Waals surface area (Å²) in [5.74, 6) is -0.774. The molecular weight excluding hydrogens is 583 g/mol. The second-order valence-electron chi connectivity index (χ2n) is 9.84. The van der Waals surface area contributed by atoms with Gasteiger partial charge in [-0.15, -0.1) is 11.3 Å². The largest absolute Gasteiger partial charge is 0.481 e. The van der Waals surface area contributed by atoms with Crippen LogP contribution in [-0.2, 0) is 11.3 Å². The zero-order chi connectivity index (χ0) is 27.8. The Hall–Kier alpha value is -2.40. The molecule has 1 unspecified atom stereocenters. The number of aliphatic carboxylic acids is 1. The first-order valence-corrected chi connectivity index (χ1v) is 14.5. The molecule has 0 bridgehead atoms. The van der Waals surface area contributed by atoms with E-state index in [0.717, 1.165) is 18.0 Å². The SMILES string of the molecule is CC(C)N1CCN(C(CC(=O)O)C(=O)c2cc3c(Cl)ccc(Cl)c3n2Cc2cc(-c3ccc(Cl)s3)on2)CC1. The van der Waals surface area contributed by atoms with Crippen molar-refractivity contribution < 1.29 is 19.2 Å². The number of hydrogen-bond donors (Lipinski definition) is 1. The summed E-state index contributed by atoms with van der Waals surface area (Å²) in [6.07, 6.45) is -0.309. The van der Waals surface area contributed by atoms with Crippen LogP contribution in [0.1, 0.15) is 36.5 Å². The van der Waals surface area contributed by atoms with Gasteiger partial charge in [-0.1, -0.05) is 40.0 Å². The fraction of sp³-hybridized carbons (Fsp3) is 0.370. The number of halogens is 3. The first-order valence-electron chi connectivity index (χ1n) is 12.5. The van der Waals surface area contributed by atoms with Crippen LogP contribution in [0.5, 0.6) is 0 Å². The summed E-state index contributed by atoms with van der Waals surface area (Å²) in [5, 5.41) is 15.4. The van der Waals surface area contributed by atoms with Crippen molar-refractivity contribution in [3.05, 3.63) is 62.2 Å². The molecule has 1 N–H and O–H groups in total. The first-order chi connectivity index (χ1) is 18.6. The van der Waals surface area contributed by atoms with Gasteiger partial charge in [0.15, 0.2) is 11.5 Å². The minimum absolute atomic E-state index is 0.175. The van der Waals surface area contributed by atoms with E-state index in [1.165, 1.54) is 11.3 Å². The molecule has 1 fully saturated rings. The van der Waals surface area contributed by atoms with Crippen LogP contribution in [-0.4, -0.2) is 74.6 Å². The number of ketones is 1. The Balaban J connectivity index is 1.53. The molecule has 0 amide bonds. The number of carbonyl (C=O) groups is 2.